The van der Waals surface area contributed by atoms with Gasteiger partial charge in [-0.25, -0.2) is 4.98 Å². The molecule has 2 aromatic heterocycles. The molecule has 0 aliphatic heterocycles. The number of aromatic nitrogens is 2. The van der Waals surface area contributed by atoms with E-state index in [1.54, 1.807) is 39.3 Å². The van der Waals surface area contributed by atoms with Gasteiger partial charge in [-0.05, 0) is 31.2 Å². The molecule has 2 aromatic carbocycles. The van der Waals surface area contributed by atoms with Gasteiger partial charge in [-0.3, -0.25) is 9.59 Å². The predicted molar refractivity (Wildman–Crippen MR) is 117 cm³/mol. The molecule has 0 bridgehead atoms. The number of carbonyl (C=O) groups excluding carboxylic acids is 2. The molecular formula is C21H20N4O4S. The van der Waals surface area contributed by atoms with Gasteiger partial charge in [-0.1, -0.05) is 23.5 Å². The van der Waals surface area contributed by atoms with E-state index in [4.69, 9.17) is 9.47 Å². The van der Waals surface area contributed by atoms with Crippen LogP contribution in [-0.4, -0.2) is 42.0 Å². The van der Waals surface area contributed by atoms with Crippen molar-refractivity contribution in [2.24, 2.45) is 0 Å². The lowest BCUT2D eigenvalue weighted by molar-refractivity contribution is -0.117. The summed E-state index contributed by atoms with van der Waals surface area (Å²) in [4.78, 5) is 32.5. The first kappa shape index (κ1) is 19.7. The SMILES string of the molecule is COc1cc2cc(C(=O)NC(C)C(=O)Nc3nc4ccccc4s3)[nH]c2cc1OC. The van der Waals surface area contributed by atoms with E-state index in [1.807, 2.05) is 24.3 Å². The Morgan fingerprint density at radius 3 is 2.57 bits per heavy atom. The number of methoxy groups -OCH3 is 2. The highest BCUT2D eigenvalue weighted by Crippen LogP contribution is 2.32. The van der Waals surface area contributed by atoms with Crippen LogP contribution in [0.3, 0.4) is 0 Å². The Morgan fingerprint density at radius 2 is 1.83 bits per heavy atom. The minimum Gasteiger partial charge on any atom is -0.493 e. The highest BCUT2D eigenvalue weighted by Gasteiger charge is 2.20. The smallest absolute Gasteiger partial charge is 0.268 e. The first-order valence-corrected chi connectivity index (χ1v) is 10.0. The number of fused-ring (bicyclic) bond motifs is 2. The van der Waals surface area contributed by atoms with E-state index in [2.05, 4.69) is 20.6 Å². The maximum Gasteiger partial charge on any atom is 0.268 e. The first-order chi connectivity index (χ1) is 14.5. The summed E-state index contributed by atoms with van der Waals surface area (Å²) in [5, 5.41) is 6.74. The van der Waals surface area contributed by atoms with Crippen LogP contribution in [0.25, 0.3) is 21.1 Å². The summed E-state index contributed by atoms with van der Waals surface area (Å²) in [5.41, 5.74) is 1.88. The summed E-state index contributed by atoms with van der Waals surface area (Å²) in [6.45, 7) is 1.62. The van der Waals surface area contributed by atoms with Crippen molar-refractivity contribution in [3.05, 3.63) is 48.2 Å². The molecular weight excluding hydrogens is 404 g/mol. The third-order valence-electron chi connectivity index (χ3n) is 4.63. The van der Waals surface area contributed by atoms with Crippen molar-refractivity contribution in [3.8, 4) is 11.5 Å². The van der Waals surface area contributed by atoms with Crippen molar-refractivity contribution < 1.29 is 19.1 Å². The lowest BCUT2D eigenvalue weighted by Crippen LogP contribution is -2.41. The third kappa shape index (κ3) is 3.79. The van der Waals surface area contributed by atoms with Crippen LogP contribution in [-0.2, 0) is 4.79 Å². The molecule has 4 rings (SSSR count). The van der Waals surface area contributed by atoms with Crippen LogP contribution < -0.4 is 20.1 Å². The normalized spacial score (nSPS) is 12.0. The van der Waals surface area contributed by atoms with Crippen molar-refractivity contribution >= 4 is 49.4 Å². The fourth-order valence-electron chi connectivity index (χ4n) is 3.06. The molecule has 0 saturated carbocycles. The quantitative estimate of drug-likeness (QED) is 0.439. The van der Waals surface area contributed by atoms with Gasteiger partial charge in [0.1, 0.15) is 11.7 Å². The van der Waals surface area contributed by atoms with Crippen molar-refractivity contribution in [2.45, 2.75) is 13.0 Å². The van der Waals surface area contributed by atoms with Gasteiger partial charge >= 0.3 is 0 Å². The third-order valence-corrected chi connectivity index (χ3v) is 5.59. The molecule has 8 nitrogen and oxygen atoms in total. The van der Waals surface area contributed by atoms with Gasteiger partial charge in [0.2, 0.25) is 5.91 Å². The number of carbonyl (C=O) groups is 2. The van der Waals surface area contributed by atoms with Gasteiger partial charge in [0.25, 0.3) is 5.91 Å². The number of ether oxygens (including phenoxy) is 2. The number of amides is 2. The summed E-state index contributed by atoms with van der Waals surface area (Å²) in [6, 6.07) is 12.1. The van der Waals surface area contributed by atoms with Gasteiger partial charge in [0.05, 0.1) is 24.4 Å². The molecule has 2 heterocycles. The van der Waals surface area contributed by atoms with Crippen LogP contribution in [0.5, 0.6) is 11.5 Å². The number of hydrogen-bond acceptors (Lipinski definition) is 6. The van der Waals surface area contributed by atoms with Crippen molar-refractivity contribution in [1.29, 1.82) is 0 Å². The number of nitrogens with zero attached hydrogens (tertiary/aromatic N) is 1. The number of rotatable bonds is 6. The molecule has 3 N–H and O–H groups in total. The zero-order valence-electron chi connectivity index (χ0n) is 16.6. The molecule has 0 saturated heterocycles. The number of hydrogen-bond donors (Lipinski definition) is 3. The first-order valence-electron chi connectivity index (χ1n) is 9.20. The van der Waals surface area contributed by atoms with Crippen molar-refractivity contribution in [3.63, 3.8) is 0 Å². The second-order valence-corrected chi connectivity index (χ2v) is 7.68. The van der Waals surface area contributed by atoms with Crippen molar-refractivity contribution in [2.75, 3.05) is 19.5 Å². The Labute approximate surface area is 176 Å². The Kier molecular flexibility index (Phi) is 5.28. The van der Waals surface area contributed by atoms with Gasteiger partial charge in [-0.15, -0.1) is 0 Å². The average Bonchev–Trinajstić information content (AvgIpc) is 3.35. The summed E-state index contributed by atoms with van der Waals surface area (Å²) >= 11 is 1.38. The van der Waals surface area contributed by atoms with Crippen LogP contribution in [0.1, 0.15) is 17.4 Å². The monoisotopic (exact) mass is 424 g/mol. The Balaban J connectivity index is 1.46. The molecule has 0 aliphatic carbocycles. The molecule has 2 amide bonds. The largest absolute Gasteiger partial charge is 0.493 e. The minimum absolute atomic E-state index is 0.333. The number of H-pyrrole nitrogens is 1. The second-order valence-electron chi connectivity index (χ2n) is 6.65. The molecule has 0 aliphatic rings. The van der Waals surface area contributed by atoms with Crippen molar-refractivity contribution in [1.82, 2.24) is 15.3 Å². The van der Waals surface area contributed by atoms with E-state index in [-0.39, 0.29) is 5.91 Å². The average molecular weight is 424 g/mol. The van der Waals surface area contributed by atoms with E-state index in [9.17, 15) is 9.59 Å². The van der Waals surface area contributed by atoms with Gasteiger partial charge in [-0.2, -0.15) is 0 Å². The highest BCUT2D eigenvalue weighted by molar-refractivity contribution is 7.22. The number of anilines is 1. The lowest BCUT2D eigenvalue weighted by atomic mass is 10.2. The number of thiazole rings is 1. The lowest BCUT2D eigenvalue weighted by Gasteiger charge is -2.12. The molecule has 0 fully saturated rings. The molecule has 9 heteroatoms. The zero-order chi connectivity index (χ0) is 21.3. The van der Waals surface area contributed by atoms with E-state index < -0.39 is 11.9 Å². The number of nitrogens with one attached hydrogen (secondary N) is 3. The van der Waals surface area contributed by atoms with Gasteiger partial charge < -0.3 is 25.1 Å². The number of aromatic amines is 1. The molecule has 0 radical (unpaired) electrons. The summed E-state index contributed by atoms with van der Waals surface area (Å²) < 4.78 is 11.6. The number of benzene rings is 2. The van der Waals surface area contributed by atoms with Crippen LogP contribution in [0, 0.1) is 0 Å². The molecule has 1 unspecified atom stereocenters. The summed E-state index contributed by atoms with van der Waals surface area (Å²) in [6.07, 6.45) is 0. The fraction of sp³-hybridized carbons (Fsp3) is 0.190. The predicted octanol–water partition coefficient (Wildman–Crippen LogP) is 3.55. The van der Waals surface area contributed by atoms with E-state index in [0.29, 0.717) is 22.3 Å². The topological polar surface area (TPSA) is 105 Å². The minimum atomic E-state index is -0.750. The van der Waals surface area contributed by atoms with E-state index in [0.717, 1.165) is 21.1 Å². The van der Waals surface area contributed by atoms with E-state index in [1.165, 1.54) is 11.3 Å². The maximum atomic E-state index is 12.6. The molecule has 4 aromatic rings. The Bertz CT molecular complexity index is 1170. The summed E-state index contributed by atoms with van der Waals surface area (Å²) in [7, 11) is 3.10. The number of para-hydroxylation sites is 1. The molecule has 154 valence electrons. The van der Waals surface area contributed by atoms with Gasteiger partial charge in [0, 0.05) is 17.0 Å². The molecule has 1 atom stereocenters. The molecule has 0 spiro atoms. The zero-order valence-corrected chi connectivity index (χ0v) is 17.4. The fourth-order valence-corrected chi connectivity index (χ4v) is 3.93. The van der Waals surface area contributed by atoms with Crippen LogP contribution in [0.4, 0.5) is 5.13 Å². The standard InChI is InChI=1S/C21H20N4O4S/c1-11(19(26)25-21-24-13-6-4-5-7-18(13)30-21)22-20(27)15-8-12-9-16(28-2)17(29-3)10-14(12)23-15/h4-11,23H,1-3H3,(H,22,27)(H,24,25,26). The van der Waals surface area contributed by atoms with Crippen LogP contribution in [0.2, 0.25) is 0 Å². The molecule has 30 heavy (non-hydrogen) atoms. The van der Waals surface area contributed by atoms with Crippen LogP contribution >= 0.6 is 11.3 Å². The second kappa shape index (κ2) is 8.03. The maximum absolute atomic E-state index is 12.6. The Hall–Kier alpha value is -3.59. The van der Waals surface area contributed by atoms with Crippen LogP contribution in [0.15, 0.2) is 42.5 Å². The van der Waals surface area contributed by atoms with E-state index >= 15 is 0 Å². The van der Waals surface area contributed by atoms with Gasteiger partial charge in [0.15, 0.2) is 16.6 Å². The Morgan fingerprint density at radius 1 is 1.10 bits per heavy atom. The highest BCUT2D eigenvalue weighted by atomic mass is 32.1. The summed E-state index contributed by atoms with van der Waals surface area (Å²) in [5.74, 6) is 0.389.